The van der Waals surface area contributed by atoms with Gasteiger partial charge in [0.25, 0.3) is 11.8 Å². The maximum absolute atomic E-state index is 13.0. The number of hydrogen-bond donors (Lipinski definition) is 1. The minimum absolute atomic E-state index is 0.0947. The lowest BCUT2D eigenvalue weighted by Gasteiger charge is -2.13. The Bertz CT molecular complexity index is 1030. The lowest BCUT2D eigenvalue weighted by atomic mass is 10.1. The molecule has 0 spiro atoms. The number of carbonyl (C=O) groups excluding carboxylic acids is 2. The van der Waals surface area contributed by atoms with Gasteiger partial charge in [-0.2, -0.15) is 0 Å². The Kier molecular flexibility index (Phi) is 6.80. The van der Waals surface area contributed by atoms with E-state index in [4.69, 9.17) is 4.74 Å². The summed E-state index contributed by atoms with van der Waals surface area (Å²) in [7, 11) is 3.39. The maximum Gasteiger partial charge on any atom is 0.255 e. The first-order valence-electron chi connectivity index (χ1n) is 9.49. The Morgan fingerprint density at radius 2 is 1.67 bits per heavy atom. The third kappa shape index (κ3) is 5.44. The van der Waals surface area contributed by atoms with Crippen molar-refractivity contribution in [3.63, 3.8) is 0 Å². The molecule has 0 aliphatic rings. The summed E-state index contributed by atoms with van der Waals surface area (Å²) in [5.74, 6) is -0.248. The molecule has 0 unspecified atom stereocenters. The van der Waals surface area contributed by atoms with Crippen molar-refractivity contribution < 1.29 is 18.7 Å². The van der Waals surface area contributed by atoms with Gasteiger partial charge >= 0.3 is 0 Å². The standard InChI is InChI=1S/C24H23FN2O3/c1-27(2)24(29)19-7-5-6-18(14-19)15-26-23(28)21-8-3-4-9-22(21)30-16-17-10-12-20(25)13-11-17/h3-14H,15-16H2,1-2H3,(H,26,28). The molecular weight excluding hydrogens is 383 g/mol. The van der Waals surface area contributed by atoms with Gasteiger partial charge in [0.1, 0.15) is 18.2 Å². The first kappa shape index (κ1) is 21.0. The van der Waals surface area contributed by atoms with Crippen molar-refractivity contribution in [2.24, 2.45) is 0 Å². The van der Waals surface area contributed by atoms with Crippen LogP contribution in [-0.4, -0.2) is 30.8 Å². The van der Waals surface area contributed by atoms with Crippen LogP contribution in [0.15, 0.2) is 72.8 Å². The van der Waals surface area contributed by atoms with Gasteiger partial charge in [-0.3, -0.25) is 9.59 Å². The molecule has 0 aliphatic heterocycles. The number of nitrogens with one attached hydrogen (secondary N) is 1. The molecule has 154 valence electrons. The molecule has 0 atom stereocenters. The van der Waals surface area contributed by atoms with Gasteiger partial charge in [0.05, 0.1) is 5.56 Å². The number of benzene rings is 3. The molecule has 0 saturated carbocycles. The van der Waals surface area contributed by atoms with Gasteiger partial charge in [0, 0.05) is 26.2 Å². The molecule has 3 aromatic carbocycles. The first-order valence-corrected chi connectivity index (χ1v) is 9.49. The van der Waals surface area contributed by atoms with Crippen LogP contribution in [0.4, 0.5) is 4.39 Å². The molecule has 5 nitrogen and oxygen atoms in total. The van der Waals surface area contributed by atoms with E-state index in [9.17, 15) is 14.0 Å². The minimum Gasteiger partial charge on any atom is -0.488 e. The fourth-order valence-electron chi connectivity index (χ4n) is 2.87. The number of hydrogen-bond acceptors (Lipinski definition) is 3. The van der Waals surface area contributed by atoms with Crippen LogP contribution in [0.1, 0.15) is 31.8 Å². The van der Waals surface area contributed by atoms with Crippen molar-refractivity contribution in [3.8, 4) is 5.75 Å². The van der Waals surface area contributed by atoms with Crippen molar-refractivity contribution in [2.45, 2.75) is 13.2 Å². The molecule has 0 heterocycles. The van der Waals surface area contributed by atoms with Crippen molar-refractivity contribution in [2.75, 3.05) is 14.1 Å². The lowest BCUT2D eigenvalue weighted by Crippen LogP contribution is -2.24. The molecule has 30 heavy (non-hydrogen) atoms. The van der Waals surface area contributed by atoms with Gasteiger partial charge in [0.15, 0.2) is 0 Å². The van der Waals surface area contributed by atoms with Crippen LogP contribution >= 0.6 is 0 Å². The summed E-state index contributed by atoms with van der Waals surface area (Å²) >= 11 is 0. The van der Waals surface area contributed by atoms with Gasteiger partial charge in [-0.1, -0.05) is 36.4 Å². The summed E-state index contributed by atoms with van der Waals surface area (Å²) in [6.07, 6.45) is 0. The second kappa shape index (κ2) is 9.69. The van der Waals surface area contributed by atoms with Crippen LogP contribution in [-0.2, 0) is 13.2 Å². The number of ether oxygens (including phenoxy) is 1. The number of rotatable bonds is 7. The Hall–Kier alpha value is -3.67. The minimum atomic E-state index is -0.310. The molecule has 0 bridgehead atoms. The molecule has 0 fully saturated rings. The summed E-state index contributed by atoms with van der Waals surface area (Å²) in [5, 5.41) is 2.86. The van der Waals surface area contributed by atoms with Gasteiger partial charge in [0.2, 0.25) is 0 Å². The maximum atomic E-state index is 13.0. The fraction of sp³-hybridized carbons (Fsp3) is 0.167. The van der Waals surface area contributed by atoms with Crippen LogP contribution in [0.25, 0.3) is 0 Å². The van der Waals surface area contributed by atoms with E-state index < -0.39 is 0 Å². The van der Waals surface area contributed by atoms with Crippen LogP contribution in [0, 0.1) is 5.82 Å². The number of carbonyl (C=O) groups is 2. The van der Waals surface area contributed by atoms with Crippen molar-refractivity contribution in [1.29, 1.82) is 0 Å². The van der Waals surface area contributed by atoms with Crippen LogP contribution < -0.4 is 10.1 Å². The molecule has 0 aromatic heterocycles. The second-order valence-corrected chi connectivity index (χ2v) is 6.99. The molecule has 3 rings (SSSR count). The van der Waals surface area contributed by atoms with E-state index in [0.29, 0.717) is 16.9 Å². The molecule has 6 heteroatoms. The molecule has 2 amide bonds. The zero-order valence-electron chi connectivity index (χ0n) is 16.9. The number of nitrogens with zero attached hydrogens (tertiary/aromatic N) is 1. The zero-order chi connectivity index (χ0) is 21.5. The smallest absolute Gasteiger partial charge is 0.255 e. The number of amides is 2. The van der Waals surface area contributed by atoms with Crippen LogP contribution in [0.2, 0.25) is 0 Å². The van der Waals surface area contributed by atoms with E-state index in [1.54, 1.807) is 68.7 Å². The Morgan fingerprint density at radius 3 is 2.40 bits per heavy atom. The average Bonchev–Trinajstić information content (AvgIpc) is 2.77. The number of halogens is 1. The first-order chi connectivity index (χ1) is 14.4. The third-order valence-corrected chi connectivity index (χ3v) is 4.47. The summed E-state index contributed by atoms with van der Waals surface area (Å²) < 4.78 is 18.8. The van der Waals surface area contributed by atoms with E-state index in [0.717, 1.165) is 11.1 Å². The quantitative estimate of drug-likeness (QED) is 0.644. The normalized spacial score (nSPS) is 10.4. The predicted octanol–water partition coefficient (Wildman–Crippen LogP) is 4.04. The van der Waals surface area contributed by atoms with Gasteiger partial charge in [-0.15, -0.1) is 0 Å². The van der Waals surface area contributed by atoms with E-state index in [2.05, 4.69) is 5.32 Å². The van der Waals surface area contributed by atoms with Crippen molar-refractivity contribution in [3.05, 3.63) is 101 Å². The molecule has 0 aliphatic carbocycles. The monoisotopic (exact) mass is 406 g/mol. The third-order valence-electron chi connectivity index (χ3n) is 4.47. The Balaban J connectivity index is 1.65. The Morgan fingerprint density at radius 1 is 0.933 bits per heavy atom. The highest BCUT2D eigenvalue weighted by Gasteiger charge is 2.13. The highest BCUT2D eigenvalue weighted by molar-refractivity contribution is 5.97. The summed E-state index contributed by atoms with van der Waals surface area (Å²) in [4.78, 5) is 26.3. The predicted molar refractivity (Wildman–Crippen MR) is 113 cm³/mol. The summed E-state index contributed by atoms with van der Waals surface area (Å²) in [5.41, 5.74) is 2.59. The molecule has 3 aromatic rings. The van der Waals surface area contributed by atoms with E-state index in [1.165, 1.54) is 17.0 Å². The largest absolute Gasteiger partial charge is 0.488 e. The number of para-hydroxylation sites is 1. The van der Waals surface area contributed by atoms with Gasteiger partial charge in [-0.05, 0) is 47.5 Å². The van der Waals surface area contributed by atoms with E-state index in [-0.39, 0.29) is 30.8 Å². The van der Waals surface area contributed by atoms with E-state index in [1.807, 2.05) is 6.07 Å². The fourth-order valence-corrected chi connectivity index (χ4v) is 2.87. The molecule has 0 saturated heterocycles. The highest BCUT2D eigenvalue weighted by atomic mass is 19.1. The van der Waals surface area contributed by atoms with Gasteiger partial charge in [-0.25, -0.2) is 4.39 Å². The van der Waals surface area contributed by atoms with E-state index >= 15 is 0 Å². The van der Waals surface area contributed by atoms with Crippen molar-refractivity contribution in [1.82, 2.24) is 10.2 Å². The van der Waals surface area contributed by atoms with Gasteiger partial charge < -0.3 is 15.0 Å². The van der Waals surface area contributed by atoms with Crippen molar-refractivity contribution >= 4 is 11.8 Å². The Labute approximate surface area is 175 Å². The van der Waals surface area contributed by atoms with Crippen LogP contribution in [0.5, 0.6) is 5.75 Å². The molecular formula is C24H23FN2O3. The SMILES string of the molecule is CN(C)C(=O)c1cccc(CNC(=O)c2ccccc2OCc2ccc(F)cc2)c1. The topological polar surface area (TPSA) is 58.6 Å². The van der Waals surface area contributed by atoms with Crippen LogP contribution in [0.3, 0.4) is 0 Å². The summed E-state index contributed by atoms with van der Waals surface area (Å²) in [6, 6.07) is 20.1. The average molecular weight is 406 g/mol. The highest BCUT2D eigenvalue weighted by Crippen LogP contribution is 2.20. The lowest BCUT2D eigenvalue weighted by molar-refractivity contribution is 0.0827. The molecule has 0 radical (unpaired) electrons. The second-order valence-electron chi connectivity index (χ2n) is 6.99. The summed E-state index contributed by atoms with van der Waals surface area (Å²) in [6.45, 7) is 0.499. The zero-order valence-corrected chi connectivity index (χ0v) is 16.9. The molecule has 1 N–H and O–H groups in total.